The number of nitriles is 1. The van der Waals surface area contributed by atoms with Gasteiger partial charge in [-0.05, 0) is 42.0 Å². The van der Waals surface area contributed by atoms with Gasteiger partial charge in [-0.15, -0.1) is 0 Å². The van der Waals surface area contributed by atoms with Gasteiger partial charge in [-0.1, -0.05) is 12.1 Å². The summed E-state index contributed by atoms with van der Waals surface area (Å²) >= 11 is 0. The number of carbonyl (C=O) groups is 2. The summed E-state index contributed by atoms with van der Waals surface area (Å²) in [5.74, 6) is -0.0591. The molecule has 2 aromatic rings. The number of anilines is 2. The van der Waals surface area contributed by atoms with Crippen LogP contribution in [0.3, 0.4) is 0 Å². The molecule has 6 heteroatoms. The Hall–Kier alpha value is -3.33. The average molecular weight is 336 g/mol. The molecule has 6 nitrogen and oxygen atoms in total. The lowest BCUT2D eigenvalue weighted by molar-refractivity contribution is -0.116. The molecule has 0 aliphatic heterocycles. The fourth-order valence-corrected chi connectivity index (χ4v) is 2.25. The Bertz CT molecular complexity index is 809. The smallest absolute Gasteiger partial charge is 0.321 e. The maximum Gasteiger partial charge on any atom is 0.321 e. The van der Waals surface area contributed by atoms with E-state index in [-0.39, 0.29) is 11.9 Å². The topological polar surface area (TPSA) is 76.4 Å². The monoisotopic (exact) mass is 336 g/mol. The summed E-state index contributed by atoms with van der Waals surface area (Å²) < 4.78 is 0. The van der Waals surface area contributed by atoms with E-state index in [0.29, 0.717) is 17.8 Å². The zero-order valence-corrected chi connectivity index (χ0v) is 14.5. The highest BCUT2D eigenvalue weighted by atomic mass is 16.2. The van der Waals surface area contributed by atoms with E-state index in [1.807, 2.05) is 6.07 Å². The molecule has 2 aromatic carbocycles. The fraction of sp³-hybridized carbons (Fsp3) is 0.211. The van der Waals surface area contributed by atoms with Gasteiger partial charge in [0.1, 0.15) is 0 Å². The maximum absolute atomic E-state index is 12.3. The van der Waals surface area contributed by atoms with Gasteiger partial charge in [-0.25, -0.2) is 4.79 Å². The third-order valence-electron chi connectivity index (χ3n) is 3.80. The van der Waals surface area contributed by atoms with Gasteiger partial charge in [0.05, 0.1) is 11.6 Å². The van der Waals surface area contributed by atoms with E-state index in [0.717, 1.165) is 11.3 Å². The summed E-state index contributed by atoms with van der Waals surface area (Å²) in [6, 6.07) is 16.0. The van der Waals surface area contributed by atoms with Crippen LogP contribution in [0.15, 0.2) is 48.5 Å². The van der Waals surface area contributed by atoms with Crippen molar-refractivity contribution in [3.05, 3.63) is 59.7 Å². The Labute approximate surface area is 147 Å². The fourth-order valence-electron chi connectivity index (χ4n) is 2.25. The van der Waals surface area contributed by atoms with Crippen LogP contribution in [-0.4, -0.2) is 30.9 Å². The van der Waals surface area contributed by atoms with Crippen LogP contribution in [0.25, 0.3) is 0 Å². The largest absolute Gasteiger partial charge is 0.323 e. The first-order valence-corrected chi connectivity index (χ1v) is 7.76. The molecule has 2 rings (SSSR count). The van der Waals surface area contributed by atoms with Crippen molar-refractivity contribution in [1.29, 1.82) is 5.26 Å². The lowest BCUT2D eigenvalue weighted by Gasteiger charge is -2.19. The zero-order valence-electron chi connectivity index (χ0n) is 14.5. The van der Waals surface area contributed by atoms with Crippen LogP contribution >= 0.6 is 0 Å². The molecule has 0 radical (unpaired) electrons. The summed E-state index contributed by atoms with van der Waals surface area (Å²) in [5.41, 5.74) is 2.85. The lowest BCUT2D eigenvalue weighted by Crippen LogP contribution is -2.30. The van der Waals surface area contributed by atoms with E-state index in [9.17, 15) is 9.59 Å². The summed E-state index contributed by atoms with van der Waals surface area (Å²) in [6.07, 6.45) is 0. The van der Waals surface area contributed by atoms with E-state index >= 15 is 0 Å². The molecule has 0 aliphatic carbocycles. The Morgan fingerprint density at radius 3 is 2.40 bits per heavy atom. The van der Waals surface area contributed by atoms with Crippen molar-refractivity contribution in [2.75, 3.05) is 24.3 Å². The summed E-state index contributed by atoms with van der Waals surface area (Å²) in [7, 11) is 3.38. The Balaban J connectivity index is 1.98. The van der Waals surface area contributed by atoms with Crippen molar-refractivity contribution in [3.8, 4) is 6.07 Å². The predicted molar refractivity (Wildman–Crippen MR) is 97.2 cm³/mol. The third kappa shape index (κ3) is 4.82. The molecule has 1 N–H and O–H groups in total. The Kier molecular flexibility index (Phi) is 5.75. The molecule has 0 aliphatic rings. The molecule has 3 amide bonds. The van der Waals surface area contributed by atoms with Crippen molar-refractivity contribution in [3.63, 3.8) is 0 Å². The van der Waals surface area contributed by atoms with Gasteiger partial charge in [0.2, 0.25) is 5.91 Å². The molecular formula is C19H20N4O2. The van der Waals surface area contributed by atoms with Crippen molar-refractivity contribution < 1.29 is 9.59 Å². The quantitative estimate of drug-likeness (QED) is 0.931. The van der Waals surface area contributed by atoms with Crippen LogP contribution in [0.2, 0.25) is 0 Å². The minimum atomic E-state index is -0.255. The number of nitrogens with zero attached hydrogens (tertiary/aromatic N) is 3. The predicted octanol–water partition coefficient (Wildman–Crippen LogP) is 3.20. The van der Waals surface area contributed by atoms with E-state index in [1.165, 1.54) is 16.7 Å². The minimum Gasteiger partial charge on any atom is -0.323 e. The summed E-state index contributed by atoms with van der Waals surface area (Å²) in [5, 5.41) is 11.7. The standard InChI is InChI=1S/C19H20N4O2/c1-14(24)23(3)18-9-7-17(8-10-18)21-19(25)22(2)13-16-6-4-5-15(11-16)12-20/h4-11H,13H2,1-3H3,(H,21,25). The van der Waals surface area contributed by atoms with Gasteiger partial charge < -0.3 is 15.1 Å². The second-order valence-electron chi connectivity index (χ2n) is 5.72. The average Bonchev–Trinajstić information content (AvgIpc) is 2.61. The third-order valence-corrected chi connectivity index (χ3v) is 3.80. The number of benzene rings is 2. The second-order valence-corrected chi connectivity index (χ2v) is 5.72. The van der Waals surface area contributed by atoms with Crippen LogP contribution in [0.1, 0.15) is 18.1 Å². The van der Waals surface area contributed by atoms with E-state index in [2.05, 4.69) is 11.4 Å². The van der Waals surface area contributed by atoms with Gasteiger partial charge in [0, 0.05) is 38.9 Å². The second kappa shape index (κ2) is 7.97. The van der Waals surface area contributed by atoms with E-state index in [4.69, 9.17) is 5.26 Å². The molecule has 0 heterocycles. The number of carbonyl (C=O) groups excluding carboxylic acids is 2. The van der Waals surface area contributed by atoms with Gasteiger partial charge in [-0.2, -0.15) is 5.26 Å². The first-order chi connectivity index (χ1) is 11.9. The molecule has 0 aromatic heterocycles. The van der Waals surface area contributed by atoms with Crippen LogP contribution in [-0.2, 0) is 11.3 Å². The number of urea groups is 1. The van der Waals surface area contributed by atoms with Gasteiger partial charge >= 0.3 is 6.03 Å². The molecule has 0 unspecified atom stereocenters. The molecule has 0 fully saturated rings. The van der Waals surface area contributed by atoms with Crippen LogP contribution in [0.5, 0.6) is 0 Å². The Morgan fingerprint density at radius 2 is 1.80 bits per heavy atom. The lowest BCUT2D eigenvalue weighted by atomic mass is 10.1. The van der Waals surface area contributed by atoms with Crippen LogP contribution in [0, 0.1) is 11.3 Å². The van der Waals surface area contributed by atoms with Crippen LogP contribution in [0.4, 0.5) is 16.2 Å². The number of amides is 3. The number of hydrogen-bond donors (Lipinski definition) is 1. The van der Waals surface area contributed by atoms with Gasteiger partial charge in [-0.3, -0.25) is 4.79 Å². The number of nitrogens with one attached hydrogen (secondary N) is 1. The van der Waals surface area contributed by atoms with Crippen LogP contribution < -0.4 is 10.2 Å². The normalized spacial score (nSPS) is 9.84. The summed E-state index contributed by atoms with van der Waals surface area (Å²) in [4.78, 5) is 26.7. The molecule has 0 spiro atoms. The SMILES string of the molecule is CC(=O)N(C)c1ccc(NC(=O)N(C)Cc2cccc(C#N)c2)cc1. The maximum atomic E-state index is 12.3. The van der Waals surface area contributed by atoms with Gasteiger partial charge in [0.15, 0.2) is 0 Å². The molecule has 0 saturated carbocycles. The number of rotatable bonds is 4. The molecular weight excluding hydrogens is 316 g/mol. The first kappa shape index (κ1) is 18.0. The molecule has 0 atom stereocenters. The minimum absolute atomic E-state index is 0.0591. The summed E-state index contributed by atoms with van der Waals surface area (Å²) in [6.45, 7) is 1.89. The van der Waals surface area contributed by atoms with Crippen molar-refractivity contribution >= 4 is 23.3 Å². The van der Waals surface area contributed by atoms with Crippen molar-refractivity contribution in [1.82, 2.24) is 4.90 Å². The Morgan fingerprint density at radius 1 is 1.12 bits per heavy atom. The highest BCUT2D eigenvalue weighted by Crippen LogP contribution is 2.17. The first-order valence-electron chi connectivity index (χ1n) is 7.76. The highest BCUT2D eigenvalue weighted by Gasteiger charge is 2.11. The van der Waals surface area contributed by atoms with Crippen molar-refractivity contribution in [2.45, 2.75) is 13.5 Å². The molecule has 0 bridgehead atoms. The van der Waals surface area contributed by atoms with Crippen molar-refractivity contribution in [2.24, 2.45) is 0 Å². The zero-order chi connectivity index (χ0) is 18.4. The van der Waals surface area contributed by atoms with E-state index < -0.39 is 0 Å². The molecule has 0 saturated heterocycles. The van der Waals surface area contributed by atoms with E-state index in [1.54, 1.807) is 56.6 Å². The molecule has 25 heavy (non-hydrogen) atoms. The van der Waals surface area contributed by atoms with Gasteiger partial charge in [0.25, 0.3) is 0 Å². The number of hydrogen-bond acceptors (Lipinski definition) is 3. The molecule has 128 valence electrons. The highest BCUT2D eigenvalue weighted by molar-refractivity contribution is 5.92.